The second-order valence-corrected chi connectivity index (χ2v) is 4.91. The minimum absolute atomic E-state index is 0.320. The first kappa shape index (κ1) is 15.2. The number of nitrogens with one attached hydrogen (secondary N) is 1. The summed E-state index contributed by atoms with van der Waals surface area (Å²) in [6.07, 6.45) is -0.983. The summed E-state index contributed by atoms with van der Waals surface area (Å²) in [6.45, 7) is 2.29. The van der Waals surface area contributed by atoms with E-state index in [4.69, 9.17) is 0 Å². The van der Waals surface area contributed by atoms with Crippen LogP contribution in [0.1, 0.15) is 23.9 Å². The van der Waals surface area contributed by atoms with Crippen LogP contribution in [0.2, 0.25) is 0 Å². The lowest BCUT2D eigenvalue weighted by Gasteiger charge is -2.10. The molecule has 3 heterocycles. The van der Waals surface area contributed by atoms with E-state index in [1.165, 1.54) is 18.6 Å². The maximum atomic E-state index is 12.5. The third-order valence-electron chi connectivity index (χ3n) is 3.28. The molecule has 0 unspecified atom stereocenters. The van der Waals surface area contributed by atoms with Crippen LogP contribution < -0.4 is 5.32 Å². The van der Waals surface area contributed by atoms with Gasteiger partial charge in [-0.15, -0.1) is 10.2 Å². The quantitative estimate of drug-likeness (QED) is 0.800. The van der Waals surface area contributed by atoms with Crippen LogP contribution in [0.25, 0.3) is 5.65 Å². The molecule has 0 aliphatic rings. The first-order valence-corrected chi connectivity index (χ1v) is 6.93. The lowest BCUT2D eigenvalue weighted by atomic mass is 10.2. The van der Waals surface area contributed by atoms with Gasteiger partial charge in [0.2, 0.25) is 5.65 Å². The standard InChI is InChI=1S/C14H13F3N6/c1-2-10-5-11(13-21-20-8-23(13)22-10)18-6-9-3-4-12(19-7-9)14(15,16)17/h3-5,7-8,18H,2,6H2,1H3. The zero-order valence-corrected chi connectivity index (χ0v) is 12.2. The molecule has 0 saturated carbocycles. The molecule has 3 rings (SSSR count). The lowest BCUT2D eigenvalue weighted by molar-refractivity contribution is -0.141. The van der Waals surface area contributed by atoms with Crippen LogP contribution in [0.5, 0.6) is 0 Å². The number of alkyl halides is 3. The summed E-state index contributed by atoms with van der Waals surface area (Å²) >= 11 is 0. The van der Waals surface area contributed by atoms with Crippen molar-refractivity contribution >= 4 is 11.3 Å². The van der Waals surface area contributed by atoms with Crippen LogP contribution in [0.4, 0.5) is 18.9 Å². The molecule has 0 bridgehead atoms. The molecule has 120 valence electrons. The van der Waals surface area contributed by atoms with Crippen molar-refractivity contribution in [3.8, 4) is 0 Å². The average molecular weight is 322 g/mol. The van der Waals surface area contributed by atoms with Gasteiger partial charge in [0.15, 0.2) is 0 Å². The molecule has 0 aliphatic heterocycles. The van der Waals surface area contributed by atoms with E-state index in [9.17, 15) is 13.2 Å². The highest BCUT2D eigenvalue weighted by atomic mass is 19.4. The Hall–Kier alpha value is -2.71. The third kappa shape index (κ3) is 3.22. The number of aromatic nitrogens is 5. The van der Waals surface area contributed by atoms with Crippen LogP contribution in [0, 0.1) is 0 Å². The number of aryl methyl sites for hydroxylation is 1. The Kier molecular flexibility index (Phi) is 3.85. The Morgan fingerprint density at radius 1 is 1.26 bits per heavy atom. The maximum absolute atomic E-state index is 12.5. The summed E-state index contributed by atoms with van der Waals surface area (Å²) in [6, 6.07) is 4.21. The second-order valence-electron chi connectivity index (χ2n) is 4.91. The zero-order valence-electron chi connectivity index (χ0n) is 12.2. The highest BCUT2D eigenvalue weighted by molar-refractivity contribution is 5.66. The molecular formula is C14H13F3N6. The van der Waals surface area contributed by atoms with Crippen molar-refractivity contribution in [2.45, 2.75) is 26.1 Å². The van der Waals surface area contributed by atoms with Gasteiger partial charge in [0, 0.05) is 12.7 Å². The molecule has 0 aromatic carbocycles. The van der Waals surface area contributed by atoms with E-state index in [-0.39, 0.29) is 0 Å². The van der Waals surface area contributed by atoms with Crippen molar-refractivity contribution < 1.29 is 13.2 Å². The Labute approximate surface area is 129 Å². The summed E-state index contributed by atoms with van der Waals surface area (Å²) in [4.78, 5) is 3.44. The monoisotopic (exact) mass is 322 g/mol. The van der Waals surface area contributed by atoms with Crippen LogP contribution in [-0.2, 0) is 19.1 Å². The Morgan fingerprint density at radius 3 is 2.74 bits per heavy atom. The largest absolute Gasteiger partial charge is 0.433 e. The molecule has 1 N–H and O–H groups in total. The number of hydrogen-bond donors (Lipinski definition) is 1. The van der Waals surface area contributed by atoms with Gasteiger partial charge < -0.3 is 5.32 Å². The van der Waals surface area contributed by atoms with Gasteiger partial charge in [0.25, 0.3) is 0 Å². The maximum Gasteiger partial charge on any atom is 0.433 e. The fraction of sp³-hybridized carbons (Fsp3) is 0.286. The number of hydrogen-bond acceptors (Lipinski definition) is 5. The number of rotatable bonds is 4. The molecule has 0 aliphatic carbocycles. The normalized spacial score (nSPS) is 11.8. The molecule has 6 nitrogen and oxygen atoms in total. The second kappa shape index (κ2) is 5.82. The average Bonchev–Trinajstić information content (AvgIpc) is 3.00. The van der Waals surface area contributed by atoms with Crippen LogP contribution >= 0.6 is 0 Å². The van der Waals surface area contributed by atoms with E-state index in [1.807, 2.05) is 13.0 Å². The van der Waals surface area contributed by atoms with Gasteiger partial charge in [-0.3, -0.25) is 4.98 Å². The summed E-state index contributed by atoms with van der Waals surface area (Å²) in [5.74, 6) is 0. The highest BCUT2D eigenvalue weighted by Gasteiger charge is 2.31. The van der Waals surface area contributed by atoms with Crippen molar-refractivity contribution in [3.05, 3.63) is 47.7 Å². The zero-order chi connectivity index (χ0) is 16.4. The molecule has 0 atom stereocenters. The van der Waals surface area contributed by atoms with Gasteiger partial charge in [-0.05, 0) is 24.1 Å². The van der Waals surface area contributed by atoms with Crippen LogP contribution in [0.15, 0.2) is 30.7 Å². The molecular weight excluding hydrogens is 309 g/mol. The molecule has 0 amide bonds. The molecule has 0 fully saturated rings. The van der Waals surface area contributed by atoms with E-state index in [0.717, 1.165) is 18.2 Å². The van der Waals surface area contributed by atoms with Gasteiger partial charge in [-0.25, -0.2) is 0 Å². The van der Waals surface area contributed by atoms with Crippen LogP contribution in [-0.4, -0.2) is 24.8 Å². The Morgan fingerprint density at radius 2 is 2.09 bits per heavy atom. The van der Waals surface area contributed by atoms with Crippen molar-refractivity contribution in [2.24, 2.45) is 0 Å². The number of pyridine rings is 1. The van der Waals surface area contributed by atoms with E-state index in [0.29, 0.717) is 23.4 Å². The number of halogens is 3. The van der Waals surface area contributed by atoms with E-state index in [1.54, 1.807) is 4.52 Å². The Bertz CT molecular complexity index is 809. The van der Waals surface area contributed by atoms with Gasteiger partial charge in [-0.1, -0.05) is 13.0 Å². The number of fused-ring (bicyclic) bond motifs is 1. The van der Waals surface area contributed by atoms with Crippen molar-refractivity contribution in [1.29, 1.82) is 0 Å². The minimum atomic E-state index is -4.43. The lowest BCUT2D eigenvalue weighted by Crippen LogP contribution is -2.09. The molecule has 3 aromatic heterocycles. The predicted octanol–water partition coefficient (Wildman–Crippen LogP) is 2.71. The van der Waals surface area contributed by atoms with Gasteiger partial charge in [-0.2, -0.15) is 22.8 Å². The topological polar surface area (TPSA) is 68.0 Å². The first-order chi connectivity index (χ1) is 11.0. The Balaban J connectivity index is 1.79. The molecule has 0 spiro atoms. The van der Waals surface area contributed by atoms with Gasteiger partial charge in [0.1, 0.15) is 12.0 Å². The van der Waals surface area contributed by atoms with Gasteiger partial charge >= 0.3 is 6.18 Å². The van der Waals surface area contributed by atoms with Crippen molar-refractivity contribution in [2.75, 3.05) is 5.32 Å². The smallest absolute Gasteiger partial charge is 0.378 e. The molecule has 9 heteroatoms. The van der Waals surface area contributed by atoms with Crippen molar-refractivity contribution in [1.82, 2.24) is 24.8 Å². The van der Waals surface area contributed by atoms with E-state index in [2.05, 4.69) is 25.6 Å². The third-order valence-corrected chi connectivity index (χ3v) is 3.28. The number of anilines is 1. The van der Waals surface area contributed by atoms with Crippen molar-refractivity contribution in [3.63, 3.8) is 0 Å². The van der Waals surface area contributed by atoms with Gasteiger partial charge in [0.05, 0.1) is 11.4 Å². The predicted molar refractivity (Wildman–Crippen MR) is 76.7 cm³/mol. The SMILES string of the molecule is CCc1cc(NCc2ccc(C(F)(F)F)nc2)c2nncn2n1. The summed E-state index contributed by atoms with van der Waals surface area (Å²) in [7, 11) is 0. The number of nitrogens with zero attached hydrogens (tertiary/aromatic N) is 5. The summed E-state index contributed by atoms with van der Waals surface area (Å²) in [5, 5.41) is 15.2. The summed E-state index contributed by atoms with van der Waals surface area (Å²) in [5.41, 5.74) is 1.85. The van der Waals surface area contributed by atoms with Crippen LogP contribution in [0.3, 0.4) is 0 Å². The molecule has 3 aromatic rings. The molecule has 0 saturated heterocycles. The molecule has 0 radical (unpaired) electrons. The fourth-order valence-electron chi connectivity index (χ4n) is 2.08. The van der Waals surface area contributed by atoms with E-state index >= 15 is 0 Å². The highest BCUT2D eigenvalue weighted by Crippen LogP contribution is 2.27. The molecule has 23 heavy (non-hydrogen) atoms. The van der Waals surface area contributed by atoms with E-state index < -0.39 is 11.9 Å². The summed E-state index contributed by atoms with van der Waals surface area (Å²) < 4.78 is 39.0. The fourth-order valence-corrected chi connectivity index (χ4v) is 2.08. The minimum Gasteiger partial charge on any atom is -0.378 e. The first-order valence-electron chi connectivity index (χ1n) is 6.93.